The van der Waals surface area contributed by atoms with Gasteiger partial charge in [0.05, 0.1) is 12.6 Å². The highest BCUT2D eigenvalue weighted by Crippen LogP contribution is 2.16. The number of nitrogens with zero attached hydrogens (tertiary/aromatic N) is 1. The molecule has 32 heavy (non-hydrogen) atoms. The number of carbonyl (C=O) groups excluding carboxylic acids is 2. The molecule has 168 valence electrons. The molecule has 0 saturated carbocycles. The summed E-state index contributed by atoms with van der Waals surface area (Å²) < 4.78 is 5.20. The van der Waals surface area contributed by atoms with Gasteiger partial charge in [0.15, 0.2) is 0 Å². The molecule has 0 saturated heterocycles. The van der Waals surface area contributed by atoms with Crippen molar-refractivity contribution in [1.82, 2.24) is 4.90 Å². The maximum absolute atomic E-state index is 13.3. The lowest BCUT2D eigenvalue weighted by Crippen LogP contribution is -2.37. The smallest absolute Gasteiger partial charge is 0.423 e. The Hall–Kier alpha value is -2.69. The van der Waals surface area contributed by atoms with E-state index in [1.165, 1.54) is 0 Å². The molecule has 0 radical (unpaired) electrons. The lowest BCUT2D eigenvalue weighted by molar-refractivity contribution is -0.119. The molecule has 2 amide bonds. The van der Waals surface area contributed by atoms with E-state index >= 15 is 0 Å². The first-order valence-electron chi connectivity index (χ1n) is 10.5. The van der Waals surface area contributed by atoms with Gasteiger partial charge in [0.1, 0.15) is 0 Å². The third-order valence-corrected chi connectivity index (χ3v) is 5.52. The highest BCUT2D eigenvalue weighted by molar-refractivity contribution is 6.61. The van der Waals surface area contributed by atoms with E-state index in [0.29, 0.717) is 48.9 Å². The average Bonchev–Trinajstić information content (AvgIpc) is 3.15. The summed E-state index contributed by atoms with van der Waals surface area (Å²) >= 11 is 0. The van der Waals surface area contributed by atoms with Gasteiger partial charge in [-0.15, -0.1) is 0 Å². The number of hydrogen-bond donors (Lipinski definition) is 5. The van der Waals surface area contributed by atoms with Crippen molar-refractivity contribution in [2.75, 3.05) is 6.54 Å². The van der Waals surface area contributed by atoms with E-state index < -0.39 is 26.2 Å². The van der Waals surface area contributed by atoms with Crippen LogP contribution in [0.2, 0.25) is 0 Å². The summed E-state index contributed by atoms with van der Waals surface area (Å²) in [5.74, 6) is -0.794. The zero-order valence-corrected chi connectivity index (χ0v) is 17.7. The van der Waals surface area contributed by atoms with E-state index in [4.69, 9.17) is 16.1 Å². The molecule has 1 unspecified atom stereocenters. The van der Waals surface area contributed by atoms with Crippen molar-refractivity contribution in [3.63, 3.8) is 0 Å². The van der Waals surface area contributed by atoms with E-state index in [-0.39, 0.29) is 12.5 Å². The fourth-order valence-corrected chi connectivity index (χ4v) is 3.66. The zero-order valence-electron chi connectivity index (χ0n) is 17.7. The van der Waals surface area contributed by atoms with Crippen LogP contribution >= 0.6 is 0 Å². The zero-order chi connectivity index (χ0) is 23.3. The summed E-state index contributed by atoms with van der Waals surface area (Å²) in [5, 5.41) is 28.9. The summed E-state index contributed by atoms with van der Waals surface area (Å²) in [6.07, 6.45) is 1.64. The number of fused-ring (bicyclic) bond motifs is 1. The minimum atomic E-state index is -1.60. The maximum Gasteiger partial charge on any atom is 0.491 e. The van der Waals surface area contributed by atoms with Crippen LogP contribution in [0.5, 0.6) is 0 Å². The molecule has 1 atom stereocenters. The van der Waals surface area contributed by atoms with Crippen LogP contribution in [0.15, 0.2) is 42.5 Å². The second-order valence-corrected chi connectivity index (χ2v) is 7.93. The van der Waals surface area contributed by atoms with Crippen LogP contribution < -0.4 is 22.4 Å². The molecule has 0 spiro atoms. The molecule has 9 nitrogen and oxygen atoms in total. The lowest BCUT2D eigenvalue weighted by atomic mass is 9.78. The monoisotopic (exact) mass is 439 g/mol. The standard InChI is InChI=1S/C21H27B2N3O6/c24-19(20(25)27)6-1-2-9-26(12-14-4-3-5-17(10-14)22(29)30)21(28)15-7-8-16-13-32-23(31)18(16)11-15/h3-5,7-8,10-11,19,29-31H,1-2,6,9,12-13,24H2,(H2,25,27). The van der Waals surface area contributed by atoms with Crippen molar-refractivity contribution in [2.45, 2.75) is 38.5 Å². The normalized spacial score (nSPS) is 13.6. The highest BCUT2D eigenvalue weighted by atomic mass is 16.5. The van der Waals surface area contributed by atoms with Crippen molar-refractivity contribution in [1.29, 1.82) is 0 Å². The number of unbranched alkanes of at least 4 members (excludes halogenated alkanes) is 1. The highest BCUT2D eigenvalue weighted by Gasteiger charge is 2.29. The van der Waals surface area contributed by atoms with E-state index in [0.717, 1.165) is 11.1 Å². The van der Waals surface area contributed by atoms with Gasteiger partial charge >= 0.3 is 14.2 Å². The quantitative estimate of drug-likeness (QED) is 0.216. The molecule has 2 aromatic rings. The fraction of sp³-hybridized carbons (Fsp3) is 0.333. The van der Waals surface area contributed by atoms with E-state index in [2.05, 4.69) is 0 Å². The topological polar surface area (TPSA) is 159 Å². The summed E-state index contributed by atoms with van der Waals surface area (Å²) in [7, 11) is -2.66. The molecule has 7 N–H and O–H groups in total. The van der Waals surface area contributed by atoms with Crippen LogP contribution in [-0.2, 0) is 22.6 Å². The minimum Gasteiger partial charge on any atom is -0.423 e. The number of nitrogens with two attached hydrogens (primary N) is 2. The minimum absolute atomic E-state index is 0.235. The van der Waals surface area contributed by atoms with Crippen molar-refractivity contribution < 1.29 is 29.3 Å². The van der Waals surface area contributed by atoms with Gasteiger partial charge in [-0.05, 0) is 53.4 Å². The number of rotatable bonds is 10. The van der Waals surface area contributed by atoms with Gasteiger partial charge in [0.2, 0.25) is 5.91 Å². The fourth-order valence-electron chi connectivity index (χ4n) is 3.66. The molecule has 11 heteroatoms. The number of benzene rings is 2. The van der Waals surface area contributed by atoms with Crippen LogP contribution in [0.3, 0.4) is 0 Å². The number of amides is 2. The number of primary amides is 1. The molecule has 1 heterocycles. The van der Waals surface area contributed by atoms with Crippen LogP contribution in [0.4, 0.5) is 0 Å². The molecule has 3 rings (SSSR count). The van der Waals surface area contributed by atoms with Gasteiger partial charge in [-0.1, -0.05) is 30.3 Å². The predicted molar refractivity (Wildman–Crippen MR) is 121 cm³/mol. The Labute approximate surface area is 187 Å². The average molecular weight is 439 g/mol. The number of hydrogen-bond acceptors (Lipinski definition) is 7. The van der Waals surface area contributed by atoms with Crippen molar-refractivity contribution in [3.8, 4) is 0 Å². The summed E-state index contributed by atoms with van der Waals surface area (Å²) in [5.41, 5.74) is 13.8. The van der Waals surface area contributed by atoms with Gasteiger partial charge in [0, 0.05) is 18.7 Å². The Bertz CT molecular complexity index is 974. The van der Waals surface area contributed by atoms with Crippen LogP contribution in [0.1, 0.15) is 40.7 Å². The van der Waals surface area contributed by atoms with Gasteiger partial charge in [-0.25, -0.2) is 0 Å². The largest absolute Gasteiger partial charge is 0.491 e. The molecule has 1 aliphatic rings. The molecule has 2 aromatic carbocycles. The Morgan fingerprint density at radius 1 is 1.19 bits per heavy atom. The Balaban J connectivity index is 1.76. The first-order valence-corrected chi connectivity index (χ1v) is 10.5. The SMILES string of the molecule is NC(=O)C(N)CCCCN(Cc1cccc(B(O)O)c1)C(=O)c1ccc2c(c1)B(O)OC2. The Morgan fingerprint density at radius 3 is 2.69 bits per heavy atom. The molecule has 1 aliphatic heterocycles. The Morgan fingerprint density at radius 2 is 1.97 bits per heavy atom. The van der Waals surface area contributed by atoms with Crippen molar-refractivity contribution in [3.05, 3.63) is 59.2 Å². The van der Waals surface area contributed by atoms with Crippen molar-refractivity contribution >= 4 is 37.0 Å². The van der Waals surface area contributed by atoms with Gasteiger partial charge < -0.3 is 36.1 Å². The predicted octanol–water partition coefficient (Wildman–Crippen LogP) is -1.79. The number of carbonyl (C=O) groups is 2. The third kappa shape index (κ3) is 5.96. The van der Waals surface area contributed by atoms with Crippen LogP contribution in [-0.4, -0.2) is 58.6 Å². The van der Waals surface area contributed by atoms with Crippen molar-refractivity contribution in [2.24, 2.45) is 11.5 Å². The van der Waals surface area contributed by atoms with Crippen LogP contribution in [0, 0.1) is 0 Å². The molecular weight excluding hydrogens is 412 g/mol. The second kappa shape index (κ2) is 10.8. The van der Waals surface area contributed by atoms with Gasteiger partial charge in [0.25, 0.3) is 5.91 Å². The summed E-state index contributed by atoms with van der Waals surface area (Å²) in [4.78, 5) is 26.1. The molecular formula is C21H27B2N3O6. The van der Waals surface area contributed by atoms with E-state index in [9.17, 15) is 24.7 Å². The molecule has 0 aliphatic carbocycles. The molecule has 0 aromatic heterocycles. The van der Waals surface area contributed by atoms with Gasteiger partial charge in [-0.2, -0.15) is 0 Å². The maximum atomic E-state index is 13.3. The first kappa shape index (κ1) is 24.0. The van der Waals surface area contributed by atoms with E-state index in [1.807, 2.05) is 0 Å². The van der Waals surface area contributed by atoms with Crippen LogP contribution in [0.25, 0.3) is 0 Å². The van der Waals surface area contributed by atoms with E-state index in [1.54, 1.807) is 47.4 Å². The summed E-state index contributed by atoms with van der Waals surface area (Å²) in [6, 6.07) is 11.1. The lowest BCUT2D eigenvalue weighted by Gasteiger charge is -2.24. The van der Waals surface area contributed by atoms with Gasteiger partial charge in [-0.3, -0.25) is 9.59 Å². The Kier molecular flexibility index (Phi) is 8.05. The summed E-state index contributed by atoms with van der Waals surface area (Å²) in [6.45, 7) is 0.939. The molecule has 0 fully saturated rings. The second-order valence-electron chi connectivity index (χ2n) is 7.93. The molecule has 0 bridgehead atoms. The first-order chi connectivity index (χ1) is 15.3. The third-order valence-electron chi connectivity index (χ3n) is 5.52.